The summed E-state index contributed by atoms with van der Waals surface area (Å²) in [6.45, 7) is 2.04. The molecule has 0 amide bonds. The highest BCUT2D eigenvalue weighted by molar-refractivity contribution is 5.98. The second-order valence-electron chi connectivity index (χ2n) is 5.68. The number of esters is 1. The molecule has 25 heavy (non-hydrogen) atoms. The molecule has 0 aliphatic carbocycles. The Kier molecular flexibility index (Phi) is 3.61. The van der Waals surface area contributed by atoms with Gasteiger partial charge in [-0.25, -0.2) is 4.79 Å². The summed E-state index contributed by atoms with van der Waals surface area (Å²) in [7, 11) is 0. The molecule has 124 valence electrons. The van der Waals surface area contributed by atoms with Crippen molar-refractivity contribution in [2.24, 2.45) is 0 Å². The lowest BCUT2D eigenvalue weighted by atomic mass is 10.1. The summed E-state index contributed by atoms with van der Waals surface area (Å²) >= 11 is 0. The molecule has 0 saturated heterocycles. The van der Waals surface area contributed by atoms with Crippen molar-refractivity contribution in [3.05, 3.63) is 76.6 Å². The Morgan fingerprint density at radius 3 is 2.56 bits per heavy atom. The standard InChI is InChI=1S/C20H16N2O3/c1-2-25-20(24)18-19(13-8-4-3-5-9-13)22-15-11-7-6-10-14(15)16(23)12-17(22)21-18/h3-12,21H,2H2,1H3. The van der Waals surface area contributed by atoms with Crippen molar-refractivity contribution >= 4 is 22.5 Å². The summed E-state index contributed by atoms with van der Waals surface area (Å²) in [4.78, 5) is 27.9. The Morgan fingerprint density at radius 1 is 1.08 bits per heavy atom. The molecule has 2 aromatic heterocycles. The zero-order valence-electron chi connectivity index (χ0n) is 13.7. The molecule has 0 spiro atoms. The fourth-order valence-electron chi connectivity index (χ4n) is 3.13. The van der Waals surface area contributed by atoms with Gasteiger partial charge >= 0.3 is 5.97 Å². The number of aromatic amines is 1. The molecule has 2 aromatic carbocycles. The summed E-state index contributed by atoms with van der Waals surface area (Å²) < 4.78 is 7.10. The molecule has 4 rings (SSSR count). The number of nitrogens with one attached hydrogen (secondary N) is 1. The normalized spacial score (nSPS) is 11.1. The second kappa shape index (κ2) is 5.94. The first kappa shape index (κ1) is 15.2. The van der Waals surface area contributed by atoms with Gasteiger partial charge in [0, 0.05) is 17.0 Å². The molecule has 0 radical (unpaired) electrons. The summed E-state index contributed by atoms with van der Waals surface area (Å²) in [5.74, 6) is -0.443. The lowest BCUT2D eigenvalue weighted by Crippen LogP contribution is -2.07. The van der Waals surface area contributed by atoms with Crippen LogP contribution in [0.15, 0.2) is 65.5 Å². The molecule has 5 nitrogen and oxygen atoms in total. The highest BCUT2D eigenvalue weighted by atomic mass is 16.5. The Balaban J connectivity index is 2.17. The van der Waals surface area contributed by atoms with Crippen LogP contribution in [0.25, 0.3) is 27.8 Å². The molecule has 0 aliphatic heterocycles. The van der Waals surface area contributed by atoms with Gasteiger partial charge in [-0.15, -0.1) is 0 Å². The summed E-state index contributed by atoms with van der Waals surface area (Å²) in [5.41, 5.74) is 3.10. The van der Waals surface area contributed by atoms with Gasteiger partial charge in [0.1, 0.15) is 5.65 Å². The van der Waals surface area contributed by atoms with Gasteiger partial charge in [0.15, 0.2) is 11.1 Å². The summed E-state index contributed by atoms with van der Waals surface area (Å²) in [6, 6.07) is 18.5. The number of benzene rings is 2. The smallest absolute Gasteiger partial charge is 0.357 e. The van der Waals surface area contributed by atoms with E-state index in [0.29, 0.717) is 22.4 Å². The van der Waals surface area contributed by atoms with E-state index in [1.165, 1.54) is 6.07 Å². The zero-order chi connectivity index (χ0) is 17.4. The van der Waals surface area contributed by atoms with E-state index in [1.807, 2.05) is 52.9 Å². The first-order chi connectivity index (χ1) is 12.2. The third-order valence-corrected chi connectivity index (χ3v) is 4.16. The number of hydrogen-bond donors (Lipinski definition) is 1. The van der Waals surface area contributed by atoms with Crippen LogP contribution in [0.2, 0.25) is 0 Å². The number of H-pyrrole nitrogens is 1. The van der Waals surface area contributed by atoms with Gasteiger partial charge in [-0.2, -0.15) is 0 Å². The number of hydrogen-bond acceptors (Lipinski definition) is 3. The van der Waals surface area contributed by atoms with Crippen molar-refractivity contribution in [2.45, 2.75) is 6.92 Å². The number of nitrogens with zero attached hydrogens (tertiary/aromatic N) is 1. The lowest BCUT2D eigenvalue weighted by Gasteiger charge is -2.08. The molecule has 0 unspecified atom stereocenters. The van der Waals surface area contributed by atoms with Crippen molar-refractivity contribution < 1.29 is 9.53 Å². The maximum atomic E-state index is 12.5. The number of para-hydroxylation sites is 1. The van der Waals surface area contributed by atoms with E-state index in [4.69, 9.17) is 4.74 Å². The monoisotopic (exact) mass is 332 g/mol. The molecule has 0 atom stereocenters. The van der Waals surface area contributed by atoms with Gasteiger partial charge in [0.2, 0.25) is 0 Å². The van der Waals surface area contributed by atoms with Crippen molar-refractivity contribution in [1.29, 1.82) is 0 Å². The largest absolute Gasteiger partial charge is 0.461 e. The van der Waals surface area contributed by atoms with E-state index >= 15 is 0 Å². The van der Waals surface area contributed by atoms with Gasteiger partial charge < -0.3 is 9.72 Å². The van der Waals surface area contributed by atoms with Crippen LogP contribution in [0.3, 0.4) is 0 Å². The molecule has 5 heteroatoms. The van der Waals surface area contributed by atoms with Crippen LogP contribution in [-0.2, 0) is 4.74 Å². The quantitative estimate of drug-likeness (QED) is 0.583. The van der Waals surface area contributed by atoms with E-state index in [0.717, 1.165) is 11.1 Å². The van der Waals surface area contributed by atoms with Crippen molar-refractivity contribution in [3.8, 4) is 11.3 Å². The van der Waals surface area contributed by atoms with E-state index in [9.17, 15) is 9.59 Å². The molecule has 0 aliphatic rings. The highest BCUT2D eigenvalue weighted by Gasteiger charge is 2.21. The average Bonchev–Trinajstić information content (AvgIpc) is 3.02. The number of fused-ring (bicyclic) bond motifs is 3. The van der Waals surface area contributed by atoms with Crippen LogP contribution in [0.5, 0.6) is 0 Å². The van der Waals surface area contributed by atoms with E-state index in [2.05, 4.69) is 4.98 Å². The van der Waals surface area contributed by atoms with Crippen molar-refractivity contribution in [2.75, 3.05) is 6.61 Å². The molecular weight excluding hydrogens is 316 g/mol. The molecule has 2 heterocycles. The van der Waals surface area contributed by atoms with Crippen LogP contribution in [0.1, 0.15) is 17.4 Å². The number of carbonyl (C=O) groups is 1. The third-order valence-electron chi connectivity index (χ3n) is 4.16. The van der Waals surface area contributed by atoms with Gasteiger partial charge in [-0.1, -0.05) is 42.5 Å². The average molecular weight is 332 g/mol. The highest BCUT2D eigenvalue weighted by Crippen LogP contribution is 2.28. The predicted molar refractivity (Wildman–Crippen MR) is 96.9 cm³/mol. The van der Waals surface area contributed by atoms with Gasteiger partial charge in [-0.05, 0) is 19.1 Å². The number of carbonyl (C=O) groups excluding carboxylic acids is 1. The number of aromatic nitrogens is 2. The first-order valence-corrected chi connectivity index (χ1v) is 8.09. The Morgan fingerprint density at radius 2 is 1.80 bits per heavy atom. The molecule has 1 N–H and O–H groups in total. The minimum absolute atomic E-state index is 0.0909. The van der Waals surface area contributed by atoms with Gasteiger partial charge in [0.05, 0.1) is 17.8 Å². The Bertz CT molecular complexity index is 1140. The third kappa shape index (κ3) is 2.41. The SMILES string of the molecule is CCOC(=O)c1[nH]c2cc(=O)c3ccccc3n2c1-c1ccccc1. The van der Waals surface area contributed by atoms with Crippen molar-refractivity contribution in [1.82, 2.24) is 9.38 Å². The molecule has 0 bridgehead atoms. The number of rotatable bonds is 3. The van der Waals surface area contributed by atoms with Crippen LogP contribution in [-0.4, -0.2) is 22.0 Å². The predicted octanol–water partition coefficient (Wildman–Crippen LogP) is 3.62. The van der Waals surface area contributed by atoms with Gasteiger partial charge in [-0.3, -0.25) is 9.20 Å². The molecule has 0 saturated carbocycles. The van der Waals surface area contributed by atoms with E-state index in [1.54, 1.807) is 13.0 Å². The van der Waals surface area contributed by atoms with Crippen LogP contribution >= 0.6 is 0 Å². The maximum absolute atomic E-state index is 12.5. The fraction of sp³-hybridized carbons (Fsp3) is 0.100. The van der Waals surface area contributed by atoms with Crippen LogP contribution in [0, 0.1) is 0 Å². The Labute approximate surface area is 143 Å². The van der Waals surface area contributed by atoms with Gasteiger partial charge in [0.25, 0.3) is 0 Å². The zero-order valence-corrected chi connectivity index (χ0v) is 13.7. The number of ether oxygens (including phenoxy) is 1. The minimum atomic E-state index is -0.443. The first-order valence-electron chi connectivity index (χ1n) is 8.09. The maximum Gasteiger partial charge on any atom is 0.357 e. The fourth-order valence-corrected chi connectivity index (χ4v) is 3.13. The molecule has 4 aromatic rings. The second-order valence-corrected chi connectivity index (χ2v) is 5.68. The summed E-state index contributed by atoms with van der Waals surface area (Å²) in [5, 5.41) is 0.603. The van der Waals surface area contributed by atoms with Crippen LogP contribution < -0.4 is 5.43 Å². The number of pyridine rings is 1. The van der Waals surface area contributed by atoms with E-state index in [-0.39, 0.29) is 12.0 Å². The summed E-state index contributed by atoms with van der Waals surface area (Å²) in [6.07, 6.45) is 0. The molecular formula is C20H16N2O3. The lowest BCUT2D eigenvalue weighted by molar-refractivity contribution is 0.0521. The van der Waals surface area contributed by atoms with Crippen molar-refractivity contribution in [3.63, 3.8) is 0 Å². The number of imidazole rings is 1. The van der Waals surface area contributed by atoms with Crippen LogP contribution in [0.4, 0.5) is 0 Å². The minimum Gasteiger partial charge on any atom is -0.461 e. The topological polar surface area (TPSA) is 63.6 Å². The van der Waals surface area contributed by atoms with E-state index < -0.39 is 5.97 Å². The Hall–Kier alpha value is -3.34. The molecule has 0 fully saturated rings.